The van der Waals surface area contributed by atoms with Gasteiger partial charge < -0.3 is 9.73 Å². The van der Waals surface area contributed by atoms with Crippen LogP contribution in [0.4, 0.5) is 0 Å². The zero-order valence-corrected chi connectivity index (χ0v) is 13.8. The van der Waals surface area contributed by atoms with E-state index in [0.717, 1.165) is 37.3 Å². The smallest absolute Gasteiger partial charge is 0.221 e. The Balaban J connectivity index is 1.45. The lowest BCUT2D eigenvalue weighted by Crippen LogP contribution is -2.30. The summed E-state index contributed by atoms with van der Waals surface area (Å²) in [6, 6.07) is 11.8. The Hall–Kier alpha value is -1.78. The third-order valence-electron chi connectivity index (χ3n) is 4.24. The van der Waals surface area contributed by atoms with Crippen LogP contribution in [0, 0.1) is 0 Å². The number of benzene rings is 1. The van der Waals surface area contributed by atoms with Crippen molar-refractivity contribution >= 4 is 17.5 Å². The molecule has 1 aromatic heterocycles. The molecule has 2 aromatic rings. The van der Waals surface area contributed by atoms with Gasteiger partial charge in [0, 0.05) is 24.5 Å². The minimum absolute atomic E-state index is 0.0649. The van der Waals surface area contributed by atoms with E-state index in [1.54, 1.807) is 6.26 Å². The summed E-state index contributed by atoms with van der Waals surface area (Å²) in [5.41, 5.74) is 1.01. The van der Waals surface area contributed by atoms with Crippen molar-refractivity contribution in [2.45, 2.75) is 31.8 Å². The molecule has 2 heterocycles. The molecule has 0 unspecified atom stereocenters. The Bertz CT molecular complexity index is 642. The summed E-state index contributed by atoms with van der Waals surface area (Å²) >= 11 is 5.94. The summed E-state index contributed by atoms with van der Waals surface area (Å²) in [5, 5.41) is 3.64. The molecule has 1 aromatic carbocycles. The summed E-state index contributed by atoms with van der Waals surface area (Å²) in [5.74, 6) is 1.07. The first-order valence-electron chi connectivity index (χ1n) is 8.01. The van der Waals surface area contributed by atoms with Gasteiger partial charge in [-0.1, -0.05) is 23.7 Å². The van der Waals surface area contributed by atoms with Crippen molar-refractivity contribution in [3.63, 3.8) is 0 Å². The van der Waals surface area contributed by atoms with E-state index < -0.39 is 0 Å². The highest BCUT2D eigenvalue weighted by Gasteiger charge is 2.27. The molecule has 1 N–H and O–H groups in total. The van der Waals surface area contributed by atoms with Crippen molar-refractivity contribution in [3.8, 4) is 0 Å². The molecule has 3 rings (SSSR count). The van der Waals surface area contributed by atoms with Crippen LogP contribution in [-0.2, 0) is 11.3 Å². The molecule has 23 heavy (non-hydrogen) atoms. The number of hydrogen-bond acceptors (Lipinski definition) is 3. The van der Waals surface area contributed by atoms with Crippen molar-refractivity contribution in [3.05, 3.63) is 59.0 Å². The molecule has 0 spiro atoms. The largest absolute Gasteiger partial charge is 0.468 e. The number of rotatable bonds is 6. The maximum Gasteiger partial charge on any atom is 0.221 e. The molecule has 1 saturated heterocycles. The van der Waals surface area contributed by atoms with Crippen LogP contribution in [0.25, 0.3) is 0 Å². The van der Waals surface area contributed by atoms with Gasteiger partial charge >= 0.3 is 0 Å². The first-order valence-corrected chi connectivity index (χ1v) is 8.39. The van der Waals surface area contributed by atoms with E-state index in [0.29, 0.717) is 24.0 Å². The van der Waals surface area contributed by atoms with Gasteiger partial charge in [-0.05, 0) is 49.2 Å². The van der Waals surface area contributed by atoms with Crippen molar-refractivity contribution in [2.75, 3.05) is 13.1 Å². The van der Waals surface area contributed by atoms with E-state index in [1.165, 1.54) is 0 Å². The van der Waals surface area contributed by atoms with Gasteiger partial charge in [0.2, 0.25) is 5.91 Å². The summed E-state index contributed by atoms with van der Waals surface area (Å²) in [7, 11) is 0. The van der Waals surface area contributed by atoms with Gasteiger partial charge in [0.1, 0.15) is 5.76 Å². The topological polar surface area (TPSA) is 45.5 Å². The van der Waals surface area contributed by atoms with Crippen LogP contribution in [0.3, 0.4) is 0 Å². The molecule has 1 atom stereocenters. The average Bonchev–Trinajstić information content (AvgIpc) is 3.21. The molecule has 5 heteroatoms. The minimum Gasteiger partial charge on any atom is -0.468 e. The molecule has 1 amide bonds. The molecule has 0 radical (unpaired) electrons. The van der Waals surface area contributed by atoms with E-state index in [2.05, 4.69) is 10.2 Å². The molecule has 1 aliphatic rings. The van der Waals surface area contributed by atoms with Crippen LogP contribution >= 0.6 is 11.6 Å². The quantitative estimate of drug-likeness (QED) is 0.875. The Kier molecular flexibility index (Phi) is 5.36. The fourth-order valence-electron chi connectivity index (χ4n) is 3.08. The number of furan rings is 1. The minimum atomic E-state index is 0.0649. The first-order chi connectivity index (χ1) is 11.2. The van der Waals surface area contributed by atoms with Crippen LogP contribution in [0.2, 0.25) is 5.02 Å². The lowest BCUT2D eigenvalue weighted by molar-refractivity contribution is -0.121. The van der Waals surface area contributed by atoms with Crippen LogP contribution in [0.15, 0.2) is 47.1 Å². The predicted octanol–water partition coefficient (Wildman–Crippen LogP) is 3.78. The maximum atomic E-state index is 12.1. The highest BCUT2D eigenvalue weighted by Crippen LogP contribution is 2.31. The average molecular weight is 333 g/mol. The Morgan fingerprint density at radius 2 is 2.26 bits per heavy atom. The molecule has 4 nitrogen and oxygen atoms in total. The summed E-state index contributed by atoms with van der Waals surface area (Å²) in [4.78, 5) is 14.4. The van der Waals surface area contributed by atoms with Crippen molar-refractivity contribution in [1.82, 2.24) is 10.2 Å². The fraction of sp³-hybridized carbons (Fsp3) is 0.389. The lowest BCUT2D eigenvalue weighted by Gasteiger charge is -2.22. The molecule has 0 aliphatic carbocycles. The third-order valence-corrected chi connectivity index (χ3v) is 4.48. The number of hydrogen-bond donors (Lipinski definition) is 1. The lowest BCUT2D eigenvalue weighted by atomic mass is 10.1. The van der Waals surface area contributed by atoms with Crippen LogP contribution in [-0.4, -0.2) is 23.9 Å². The molecule has 122 valence electrons. The second kappa shape index (κ2) is 7.66. The van der Waals surface area contributed by atoms with Crippen molar-refractivity contribution in [1.29, 1.82) is 0 Å². The number of halogens is 1. The summed E-state index contributed by atoms with van der Waals surface area (Å²) in [6.07, 6.45) is 4.45. The van der Waals surface area contributed by atoms with Gasteiger partial charge in [-0.25, -0.2) is 0 Å². The fourth-order valence-corrected chi connectivity index (χ4v) is 3.29. The second-order valence-corrected chi connectivity index (χ2v) is 6.30. The van der Waals surface area contributed by atoms with E-state index in [-0.39, 0.29) is 5.91 Å². The van der Waals surface area contributed by atoms with E-state index in [1.807, 2.05) is 36.4 Å². The molecule has 0 bridgehead atoms. The Morgan fingerprint density at radius 3 is 3.04 bits per heavy atom. The molecular weight excluding hydrogens is 312 g/mol. The Morgan fingerprint density at radius 1 is 1.35 bits per heavy atom. The highest BCUT2D eigenvalue weighted by atomic mass is 35.5. The number of likely N-dealkylation sites (tertiary alicyclic amines) is 1. The zero-order valence-electron chi connectivity index (χ0n) is 13.0. The number of amides is 1. The summed E-state index contributed by atoms with van der Waals surface area (Å²) < 4.78 is 5.52. The first kappa shape index (κ1) is 16.1. The second-order valence-electron chi connectivity index (χ2n) is 5.87. The van der Waals surface area contributed by atoms with Gasteiger partial charge in [0.05, 0.1) is 12.3 Å². The van der Waals surface area contributed by atoms with Crippen molar-refractivity contribution < 1.29 is 9.21 Å². The molecule has 1 aliphatic heterocycles. The molecular formula is C18H21ClN2O2. The standard InChI is InChI=1S/C18H21ClN2O2/c19-15-5-1-4-14(12-15)13-20-18(22)8-10-21-9-2-6-16(21)17-7-3-11-23-17/h1,3-5,7,11-12,16H,2,6,8-10,13H2,(H,20,22)/t16-/m1/s1. The van der Waals surface area contributed by atoms with Crippen molar-refractivity contribution in [2.24, 2.45) is 0 Å². The predicted molar refractivity (Wildman–Crippen MR) is 90.2 cm³/mol. The van der Waals surface area contributed by atoms with E-state index in [9.17, 15) is 4.79 Å². The Labute approximate surface area is 141 Å². The third kappa shape index (κ3) is 4.36. The van der Waals surface area contributed by atoms with Gasteiger partial charge in [-0.3, -0.25) is 9.69 Å². The zero-order chi connectivity index (χ0) is 16.1. The van der Waals surface area contributed by atoms with Gasteiger partial charge in [-0.15, -0.1) is 0 Å². The van der Waals surface area contributed by atoms with Gasteiger partial charge in [0.15, 0.2) is 0 Å². The number of carbonyl (C=O) groups excluding carboxylic acids is 1. The van der Waals surface area contributed by atoms with Crippen LogP contribution < -0.4 is 5.32 Å². The van der Waals surface area contributed by atoms with E-state index >= 15 is 0 Å². The summed E-state index contributed by atoms with van der Waals surface area (Å²) in [6.45, 7) is 2.29. The normalized spacial score (nSPS) is 18.2. The van der Waals surface area contributed by atoms with Gasteiger partial charge in [0.25, 0.3) is 0 Å². The monoisotopic (exact) mass is 332 g/mol. The SMILES string of the molecule is O=C(CCN1CCC[C@@H]1c1ccco1)NCc1cccc(Cl)c1. The maximum absolute atomic E-state index is 12.1. The number of nitrogens with one attached hydrogen (secondary N) is 1. The molecule has 0 saturated carbocycles. The number of carbonyl (C=O) groups is 1. The van der Waals surface area contributed by atoms with Crippen LogP contribution in [0.1, 0.15) is 36.6 Å². The molecule has 1 fully saturated rings. The van der Waals surface area contributed by atoms with Crippen LogP contribution in [0.5, 0.6) is 0 Å². The highest BCUT2D eigenvalue weighted by molar-refractivity contribution is 6.30. The van der Waals surface area contributed by atoms with E-state index in [4.69, 9.17) is 16.0 Å². The van der Waals surface area contributed by atoms with Gasteiger partial charge in [-0.2, -0.15) is 0 Å². The number of nitrogens with zero attached hydrogens (tertiary/aromatic N) is 1.